The highest BCUT2D eigenvalue weighted by Crippen LogP contribution is 2.12. The summed E-state index contributed by atoms with van der Waals surface area (Å²) in [5, 5.41) is 13.2. The predicted octanol–water partition coefficient (Wildman–Crippen LogP) is 1.58. The number of aliphatic hydroxyl groups is 1. The number of rotatable bonds is 7. The number of pyridine rings is 1. The van der Waals surface area contributed by atoms with Gasteiger partial charge in [0.1, 0.15) is 5.65 Å². The van der Waals surface area contributed by atoms with Gasteiger partial charge in [-0.15, -0.1) is 0 Å². The van der Waals surface area contributed by atoms with Gasteiger partial charge in [0.15, 0.2) is 0 Å². The van der Waals surface area contributed by atoms with E-state index in [0.717, 1.165) is 12.8 Å². The quantitative estimate of drug-likeness (QED) is 0.812. The summed E-state index contributed by atoms with van der Waals surface area (Å²) in [6.07, 6.45) is 3.28. The first-order valence-electron chi connectivity index (χ1n) is 7.51. The van der Waals surface area contributed by atoms with Crippen molar-refractivity contribution in [1.29, 1.82) is 0 Å². The molecule has 2 N–H and O–H groups in total. The second kappa shape index (κ2) is 7.33. The van der Waals surface area contributed by atoms with Crippen molar-refractivity contribution in [2.45, 2.75) is 39.3 Å². The highest BCUT2D eigenvalue weighted by molar-refractivity contribution is 5.37. The van der Waals surface area contributed by atoms with Crippen molar-refractivity contribution in [3.63, 3.8) is 0 Å². The Morgan fingerprint density at radius 1 is 1.33 bits per heavy atom. The maximum atomic E-state index is 11.9. The van der Waals surface area contributed by atoms with Gasteiger partial charge in [-0.3, -0.25) is 9.20 Å². The summed E-state index contributed by atoms with van der Waals surface area (Å²) in [6.45, 7) is 5.17. The van der Waals surface area contributed by atoms with E-state index in [0.29, 0.717) is 30.3 Å². The zero-order chi connectivity index (χ0) is 15.2. The van der Waals surface area contributed by atoms with Crippen LogP contribution in [0.2, 0.25) is 0 Å². The molecule has 0 saturated carbocycles. The third-order valence-electron chi connectivity index (χ3n) is 3.88. The maximum absolute atomic E-state index is 11.9. The molecule has 5 heteroatoms. The Labute approximate surface area is 124 Å². The molecule has 0 saturated heterocycles. The van der Waals surface area contributed by atoms with Crippen LogP contribution in [0, 0.1) is 5.92 Å². The van der Waals surface area contributed by atoms with Gasteiger partial charge in [-0.25, -0.2) is 4.98 Å². The summed E-state index contributed by atoms with van der Waals surface area (Å²) in [4.78, 5) is 16.4. The minimum absolute atomic E-state index is 0.0852. The van der Waals surface area contributed by atoms with Gasteiger partial charge in [0.2, 0.25) is 0 Å². The number of aromatic nitrogens is 2. The molecule has 2 aromatic rings. The molecule has 1 atom stereocenters. The van der Waals surface area contributed by atoms with E-state index in [9.17, 15) is 9.90 Å². The van der Waals surface area contributed by atoms with Crippen LogP contribution in [0.1, 0.15) is 32.4 Å². The summed E-state index contributed by atoms with van der Waals surface area (Å²) in [5.41, 5.74) is 1.25. The first kappa shape index (κ1) is 15.7. The predicted molar refractivity (Wildman–Crippen MR) is 83.2 cm³/mol. The molecule has 0 aliphatic rings. The second-order valence-electron chi connectivity index (χ2n) is 5.29. The van der Waals surface area contributed by atoms with Gasteiger partial charge >= 0.3 is 0 Å². The van der Waals surface area contributed by atoms with Crippen molar-refractivity contribution < 1.29 is 5.11 Å². The van der Waals surface area contributed by atoms with Gasteiger partial charge in [-0.05, 0) is 18.1 Å². The van der Waals surface area contributed by atoms with Crippen LogP contribution in [-0.2, 0) is 6.54 Å². The molecule has 5 nitrogen and oxygen atoms in total. The molecule has 0 aliphatic heterocycles. The van der Waals surface area contributed by atoms with Crippen molar-refractivity contribution in [3.05, 3.63) is 46.5 Å². The van der Waals surface area contributed by atoms with Crippen molar-refractivity contribution >= 4 is 5.65 Å². The Bertz CT molecular complexity index is 635. The Morgan fingerprint density at radius 2 is 2.10 bits per heavy atom. The first-order valence-corrected chi connectivity index (χ1v) is 7.51. The minimum atomic E-state index is -0.360. The van der Waals surface area contributed by atoms with Gasteiger partial charge in [-0.1, -0.05) is 32.8 Å². The van der Waals surface area contributed by atoms with Crippen molar-refractivity contribution in [2.24, 2.45) is 5.92 Å². The van der Waals surface area contributed by atoms with E-state index in [-0.39, 0.29) is 11.7 Å². The first-order chi connectivity index (χ1) is 10.2. The van der Waals surface area contributed by atoms with E-state index in [1.54, 1.807) is 12.3 Å². The van der Waals surface area contributed by atoms with Crippen LogP contribution in [0.25, 0.3) is 5.65 Å². The van der Waals surface area contributed by atoms with E-state index in [2.05, 4.69) is 24.1 Å². The molecule has 1 unspecified atom stereocenters. The number of hydrogen-bond donors (Lipinski definition) is 2. The van der Waals surface area contributed by atoms with Crippen LogP contribution in [0.4, 0.5) is 0 Å². The van der Waals surface area contributed by atoms with Gasteiger partial charge in [0.05, 0.1) is 11.8 Å². The number of aliphatic hydroxyl groups excluding tert-OH is 1. The molecular formula is C16H23N3O2. The summed E-state index contributed by atoms with van der Waals surface area (Å²) in [7, 11) is 0. The Kier molecular flexibility index (Phi) is 5.47. The number of hydrogen-bond acceptors (Lipinski definition) is 4. The lowest BCUT2D eigenvalue weighted by Gasteiger charge is -2.20. The van der Waals surface area contributed by atoms with E-state index < -0.39 is 0 Å². The molecule has 0 aliphatic carbocycles. The van der Waals surface area contributed by atoms with Gasteiger partial charge in [0, 0.05) is 25.4 Å². The van der Waals surface area contributed by atoms with E-state index in [4.69, 9.17) is 0 Å². The molecule has 2 aromatic heterocycles. The van der Waals surface area contributed by atoms with E-state index in [1.165, 1.54) is 10.5 Å². The monoisotopic (exact) mass is 289 g/mol. The molecular weight excluding hydrogens is 266 g/mol. The SMILES string of the molecule is CCC(CC)C(O)CNCc1cc(=O)n2ccccc2n1. The lowest BCUT2D eigenvalue weighted by Crippen LogP contribution is -2.32. The van der Waals surface area contributed by atoms with Crippen LogP contribution in [0.3, 0.4) is 0 Å². The van der Waals surface area contributed by atoms with Gasteiger partial charge in [-0.2, -0.15) is 0 Å². The summed E-state index contributed by atoms with van der Waals surface area (Å²) >= 11 is 0. The molecule has 0 aromatic carbocycles. The molecule has 21 heavy (non-hydrogen) atoms. The highest BCUT2D eigenvalue weighted by Gasteiger charge is 2.14. The Hall–Kier alpha value is -1.72. The summed E-state index contributed by atoms with van der Waals surface area (Å²) in [6, 6.07) is 7.00. The van der Waals surface area contributed by atoms with Crippen LogP contribution < -0.4 is 10.9 Å². The fraction of sp³-hybridized carbons (Fsp3) is 0.500. The molecule has 114 valence electrons. The average Bonchev–Trinajstić information content (AvgIpc) is 2.48. The zero-order valence-corrected chi connectivity index (χ0v) is 12.6. The van der Waals surface area contributed by atoms with Gasteiger partial charge < -0.3 is 10.4 Å². The topological polar surface area (TPSA) is 66.6 Å². The maximum Gasteiger partial charge on any atom is 0.258 e. The molecule has 0 spiro atoms. The molecule has 0 radical (unpaired) electrons. The fourth-order valence-corrected chi connectivity index (χ4v) is 2.54. The van der Waals surface area contributed by atoms with E-state index in [1.807, 2.05) is 12.1 Å². The van der Waals surface area contributed by atoms with Crippen LogP contribution in [0.15, 0.2) is 35.3 Å². The van der Waals surface area contributed by atoms with Crippen molar-refractivity contribution in [2.75, 3.05) is 6.54 Å². The zero-order valence-electron chi connectivity index (χ0n) is 12.6. The molecule has 0 fully saturated rings. The van der Waals surface area contributed by atoms with Gasteiger partial charge in [0.25, 0.3) is 5.56 Å². The summed E-state index contributed by atoms with van der Waals surface area (Å²) in [5.74, 6) is 0.313. The number of nitrogens with zero attached hydrogens (tertiary/aromatic N) is 2. The highest BCUT2D eigenvalue weighted by atomic mass is 16.3. The van der Waals surface area contributed by atoms with Crippen LogP contribution in [0.5, 0.6) is 0 Å². The number of fused-ring (bicyclic) bond motifs is 1. The third kappa shape index (κ3) is 3.89. The van der Waals surface area contributed by atoms with Crippen LogP contribution in [-0.4, -0.2) is 27.1 Å². The third-order valence-corrected chi connectivity index (χ3v) is 3.88. The summed E-state index contributed by atoms with van der Waals surface area (Å²) < 4.78 is 1.52. The van der Waals surface area contributed by atoms with Crippen molar-refractivity contribution in [1.82, 2.24) is 14.7 Å². The number of nitrogens with one attached hydrogen (secondary N) is 1. The Balaban J connectivity index is 1.99. The normalized spacial score (nSPS) is 13.0. The Morgan fingerprint density at radius 3 is 2.81 bits per heavy atom. The van der Waals surface area contributed by atoms with Crippen molar-refractivity contribution in [3.8, 4) is 0 Å². The molecule has 2 heterocycles. The fourth-order valence-electron chi connectivity index (χ4n) is 2.54. The van der Waals surface area contributed by atoms with E-state index >= 15 is 0 Å². The second-order valence-corrected chi connectivity index (χ2v) is 5.29. The molecule has 0 bridgehead atoms. The standard InChI is InChI=1S/C16H23N3O2/c1-3-12(4-2)14(20)11-17-10-13-9-16(21)19-8-6-5-7-15(19)18-13/h5-9,12,14,17,20H,3-4,10-11H2,1-2H3. The lowest BCUT2D eigenvalue weighted by molar-refractivity contribution is 0.101. The molecule has 2 rings (SSSR count). The lowest BCUT2D eigenvalue weighted by atomic mass is 9.96. The molecule has 0 amide bonds. The minimum Gasteiger partial charge on any atom is -0.392 e. The largest absolute Gasteiger partial charge is 0.392 e. The average molecular weight is 289 g/mol. The smallest absolute Gasteiger partial charge is 0.258 e. The van der Waals surface area contributed by atoms with Crippen LogP contribution >= 0.6 is 0 Å².